The van der Waals surface area contributed by atoms with E-state index < -0.39 is 17.5 Å². The van der Waals surface area contributed by atoms with Crippen LogP contribution >= 0.6 is 11.6 Å². The standard InChI is InChI=1S/C14H16ClF2NO/c15-7-8-18(11-3-1-2-4-11)14(19)12-9-10(16)5-6-13(12)17/h5-6,9,11H,1-4,7-8H2. The van der Waals surface area contributed by atoms with Crippen LogP contribution < -0.4 is 0 Å². The van der Waals surface area contributed by atoms with Gasteiger partial charge in [0.05, 0.1) is 5.56 Å². The van der Waals surface area contributed by atoms with Crippen molar-refractivity contribution >= 4 is 17.5 Å². The fourth-order valence-corrected chi connectivity index (χ4v) is 2.76. The molecule has 0 N–H and O–H groups in total. The van der Waals surface area contributed by atoms with Crippen molar-refractivity contribution in [3.8, 4) is 0 Å². The summed E-state index contributed by atoms with van der Waals surface area (Å²) in [6.07, 6.45) is 3.92. The van der Waals surface area contributed by atoms with Gasteiger partial charge in [-0.25, -0.2) is 8.78 Å². The van der Waals surface area contributed by atoms with Crippen LogP contribution in [0.3, 0.4) is 0 Å². The van der Waals surface area contributed by atoms with Crippen molar-refractivity contribution in [1.29, 1.82) is 0 Å². The van der Waals surface area contributed by atoms with Crippen molar-refractivity contribution < 1.29 is 13.6 Å². The Kier molecular flexibility index (Phi) is 4.75. The van der Waals surface area contributed by atoms with Gasteiger partial charge in [-0.1, -0.05) is 12.8 Å². The Labute approximate surface area is 116 Å². The Bertz CT molecular complexity index is 461. The smallest absolute Gasteiger partial charge is 0.257 e. The lowest BCUT2D eigenvalue weighted by molar-refractivity contribution is 0.0689. The molecular formula is C14H16ClF2NO. The molecule has 0 saturated heterocycles. The minimum atomic E-state index is -0.691. The first-order valence-corrected chi connectivity index (χ1v) is 6.99. The lowest BCUT2D eigenvalue weighted by atomic mass is 10.1. The molecule has 5 heteroatoms. The van der Waals surface area contributed by atoms with Crippen LogP contribution in [-0.4, -0.2) is 29.3 Å². The Morgan fingerprint density at radius 2 is 2.00 bits per heavy atom. The van der Waals surface area contributed by atoms with Crippen LogP contribution in [-0.2, 0) is 0 Å². The molecule has 0 spiro atoms. The second-order valence-corrected chi connectivity index (χ2v) is 5.13. The minimum absolute atomic E-state index is 0.0916. The van der Waals surface area contributed by atoms with E-state index in [-0.39, 0.29) is 11.6 Å². The summed E-state index contributed by atoms with van der Waals surface area (Å²) in [6, 6.07) is 3.03. The molecule has 1 aromatic carbocycles. The summed E-state index contributed by atoms with van der Waals surface area (Å²) in [5, 5.41) is 0. The number of amides is 1. The van der Waals surface area contributed by atoms with Gasteiger partial charge in [0.15, 0.2) is 0 Å². The molecule has 2 rings (SSSR count). The monoisotopic (exact) mass is 287 g/mol. The molecule has 0 aromatic heterocycles. The number of rotatable bonds is 4. The highest BCUT2D eigenvalue weighted by molar-refractivity contribution is 6.18. The first-order chi connectivity index (χ1) is 9.13. The van der Waals surface area contributed by atoms with Crippen molar-refractivity contribution in [2.45, 2.75) is 31.7 Å². The van der Waals surface area contributed by atoms with Crippen LogP contribution in [0.25, 0.3) is 0 Å². The zero-order valence-electron chi connectivity index (χ0n) is 10.5. The third kappa shape index (κ3) is 3.24. The number of hydrogen-bond donors (Lipinski definition) is 0. The summed E-state index contributed by atoms with van der Waals surface area (Å²) in [5.74, 6) is -1.48. The van der Waals surface area contributed by atoms with E-state index in [9.17, 15) is 13.6 Å². The van der Waals surface area contributed by atoms with Crippen LogP contribution in [0.5, 0.6) is 0 Å². The zero-order valence-corrected chi connectivity index (χ0v) is 11.3. The molecule has 1 aromatic rings. The SMILES string of the molecule is O=C(c1cc(F)ccc1F)N(CCCl)C1CCCC1. The zero-order chi connectivity index (χ0) is 13.8. The number of benzene rings is 1. The van der Waals surface area contributed by atoms with E-state index in [0.717, 1.165) is 43.9 Å². The molecule has 1 aliphatic rings. The Balaban J connectivity index is 2.25. The number of nitrogens with zero attached hydrogens (tertiary/aromatic N) is 1. The highest BCUT2D eigenvalue weighted by atomic mass is 35.5. The number of carbonyl (C=O) groups is 1. The Hall–Kier alpha value is -1.16. The number of carbonyl (C=O) groups excluding carboxylic acids is 1. The second kappa shape index (κ2) is 6.33. The topological polar surface area (TPSA) is 20.3 Å². The molecule has 0 heterocycles. The van der Waals surface area contributed by atoms with Gasteiger partial charge in [-0.2, -0.15) is 0 Å². The van der Waals surface area contributed by atoms with Gasteiger partial charge in [0, 0.05) is 18.5 Å². The Morgan fingerprint density at radius 1 is 1.32 bits per heavy atom. The molecule has 1 saturated carbocycles. The van der Waals surface area contributed by atoms with Crippen LogP contribution in [0.15, 0.2) is 18.2 Å². The van der Waals surface area contributed by atoms with E-state index in [1.807, 2.05) is 0 Å². The van der Waals surface area contributed by atoms with E-state index >= 15 is 0 Å². The maximum atomic E-state index is 13.7. The molecule has 0 bridgehead atoms. The highest BCUT2D eigenvalue weighted by Crippen LogP contribution is 2.25. The molecule has 0 aliphatic heterocycles. The van der Waals surface area contributed by atoms with Crippen molar-refractivity contribution in [3.63, 3.8) is 0 Å². The van der Waals surface area contributed by atoms with Gasteiger partial charge in [-0.3, -0.25) is 4.79 Å². The largest absolute Gasteiger partial charge is 0.334 e. The van der Waals surface area contributed by atoms with Gasteiger partial charge in [-0.05, 0) is 31.0 Å². The summed E-state index contributed by atoms with van der Waals surface area (Å²) in [5.41, 5.74) is -0.211. The predicted molar refractivity (Wildman–Crippen MR) is 70.4 cm³/mol. The summed E-state index contributed by atoms with van der Waals surface area (Å²) < 4.78 is 26.8. The maximum Gasteiger partial charge on any atom is 0.257 e. The third-order valence-electron chi connectivity index (χ3n) is 3.51. The van der Waals surface area contributed by atoms with E-state index in [4.69, 9.17) is 11.6 Å². The minimum Gasteiger partial charge on any atom is -0.334 e. The van der Waals surface area contributed by atoms with Gasteiger partial charge in [0.1, 0.15) is 11.6 Å². The molecule has 0 atom stereocenters. The normalized spacial score (nSPS) is 15.7. The number of hydrogen-bond acceptors (Lipinski definition) is 1. The lowest BCUT2D eigenvalue weighted by Gasteiger charge is -2.28. The van der Waals surface area contributed by atoms with Crippen LogP contribution in [0.4, 0.5) is 8.78 Å². The molecule has 19 heavy (non-hydrogen) atoms. The molecule has 104 valence electrons. The van der Waals surface area contributed by atoms with E-state index in [1.165, 1.54) is 0 Å². The average molecular weight is 288 g/mol. The van der Waals surface area contributed by atoms with Crippen molar-refractivity contribution in [2.75, 3.05) is 12.4 Å². The summed E-state index contributed by atoms with van der Waals surface area (Å²) in [4.78, 5) is 13.9. The summed E-state index contributed by atoms with van der Waals surface area (Å²) in [7, 11) is 0. The molecule has 0 radical (unpaired) electrons. The Morgan fingerprint density at radius 3 is 2.63 bits per heavy atom. The quantitative estimate of drug-likeness (QED) is 0.775. The average Bonchev–Trinajstić information content (AvgIpc) is 2.92. The molecule has 1 amide bonds. The molecule has 1 aliphatic carbocycles. The third-order valence-corrected chi connectivity index (χ3v) is 3.68. The van der Waals surface area contributed by atoms with Gasteiger partial charge >= 0.3 is 0 Å². The number of alkyl halides is 1. The maximum absolute atomic E-state index is 13.7. The molecular weight excluding hydrogens is 272 g/mol. The van der Waals surface area contributed by atoms with Gasteiger partial charge in [0.2, 0.25) is 0 Å². The second-order valence-electron chi connectivity index (χ2n) is 4.75. The van der Waals surface area contributed by atoms with Gasteiger partial charge < -0.3 is 4.90 Å². The van der Waals surface area contributed by atoms with Crippen LogP contribution in [0, 0.1) is 11.6 Å². The van der Waals surface area contributed by atoms with Crippen molar-refractivity contribution in [3.05, 3.63) is 35.4 Å². The summed E-state index contributed by atoms with van der Waals surface area (Å²) >= 11 is 5.72. The van der Waals surface area contributed by atoms with E-state index in [2.05, 4.69) is 0 Å². The van der Waals surface area contributed by atoms with Crippen LogP contribution in [0.2, 0.25) is 0 Å². The predicted octanol–water partition coefficient (Wildman–Crippen LogP) is 3.59. The first-order valence-electron chi connectivity index (χ1n) is 6.45. The molecule has 1 fully saturated rings. The fourth-order valence-electron chi connectivity index (χ4n) is 2.57. The highest BCUT2D eigenvalue weighted by Gasteiger charge is 2.28. The number of halogens is 3. The first kappa shape index (κ1) is 14.3. The van der Waals surface area contributed by atoms with Gasteiger partial charge in [-0.15, -0.1) is 11.6 Å². The fraction of sp³-hybridized carbons (Fsp3) is 0.500. The van der Waals surface area contributed by atoms with Gasteiger partial charge in [0.25, 0.3) is 5.91 Å². The molecule has 2 nitrogen and oxygen atoms in total. The van der Waals surface area contributed by atoms with Crippen molar-refractivity contribution in [2.24, 2.45) is 0 Å². The summed E-state index contributed by atoms with van der Waals surface area (Å²) in [6.45, 7) is 0.362. The van der Waals surface area contributed by atoms with Crippen LogP contribution in [0.1, 0.15) is 36.0 Å². The lowest BCUT2D eigenvalue weighted by Crippen LogP contribution is -2.40. The van der Waals surface area contributed by atoms with E-state index in [0.29, 0.717) is 12.4 Å². The van der Waals surface area contributed by atoms with E-state index in [1.54, 1.807) is 4.90 Å². The molecule has 0 unspecified atom stereocenters. The van der Waals surface area contributed by atoms with Crippen molar-refractivity contribution in [1.82, 2.24) is 4.90 Å².